The Kier molecular flexibility index (Phi) is 5.28. The van der Waals surface area contributed by atoms with Crippen molar-refractivity contribution in [2.24, 2.45) is 0 Å². The number of carbonyl (C=O) groups is 2. The first-order valence-corrected chi connectivity index (χ1v) is 9.10. The predicted molar refractivity (Wildman–Crippen MR) is 97.9 cm³/mol. The molecular weight excluding hydrogens is 344 g/mol. The molecule has 25 heavy (non-hydrogen) atoms. The molecule has 0 fully saturated rings. The third kappa shape index (κ3) is 5.21. The Balaban J connectivity index is 2.17. The van der Waals surface area contributed by atoms with Crippen molar-refractivity contribution in [3.63, 3.8) is 0 Å². The third-order valence-electron chi connectivity index (χ3n) is 3.09. The first-order chi connectivity index (χ1) is 11.7. The van der Waals surface area contributed by atoms with Crippen LogP contribution in [0.5, 0.6) is 0 Å². The normalized spacial score (nSPS) is 10.8. The molecule has 3 amide bonds. The number of hydrogen-bond donors (Lipinski definition) is 3. The van der Waals surface area contributed by atoms with Gasteiger partial charge >= 0.3 is 6.03 Å². The quantitative estimate of drug-likeness (QED) is 0.720. The van der Waals surface area contributed by atoms with Gasteiger partial charge in [0.15, 0.2) is 0 Å². The van der Waals surface area contributed by atoms with Gasteiger partial charge in [-0.2, -0.15) is 0 Å². The van der Waals surface area contributed by atoms with E-state index in [1.54, 1.807) is 18.2 Å². The van der Waals surface area contributed by atoms with Gasteiger partial charge in [0.05, 0.1) is 11.9 Å². The Labute approximate surface area is 145 Å². The fourth-order valence-corrected chi connectivity index (χ4v) is 2.69. The zero-order chi connectivity index (χ0) is 18.6. The highest BCUT2D eigenvalue weighted by Gasteiger charge is 2.20. The highest BCUT2D eigenvalue weighted by molar-refractivity contribution is 7.92. The van der Waals surface area contributed by atoms with Crippen LogP contribution in [0, 0.1) is 0 Å². The summed E-state index contributed by atoms with van der Waals surface area (Å²) in [6, 6.07) is 11.8. The average Bonchev–Trinajstić information content (AvgIpc) is 2.47. The van der Waals surface area contributed by atoms with Crippen molar-refractivity contribution in [3.05, 3.63) is 48.5 Å². The fraction of sp³-hybridized carbons (Fsp3) is 0.125. The van der Waals surface area contributed by atoms with Gasteiger partial charge < -0.3 is 11.1 Å². The van der Waals surface area contributed by atoms with Crippen LogP contribution in [0.15, 0.2) is 48.5 Å². The molecule has 0 atom stereocenters. The van der Waals surface area contributed by atoms with Crippen molar-refractivity contribution in [3.8, 4) is 0 Å². The van der Waals surface area contributed by atoms with Crippen molar-refractivity contribution in [1.29, 1.82) is 0 Å². The number of hydrogen-bond acceptors (Lipinski definition) is 5. The van der Waals surface area contributed by atoms with Gasteiger partial charge in [0.1, 0.15) is 0 Å². The molecule has 132 valence electrons. The van der Waals surface area contributed by atoms with E-state index in [1.807, 2.05) is 0 Å². The molecule has 0 aliphatic heterocycles. The van der Waals surface area contributed by atoms with Gasteiger partial charge in [-0.25, -0.2) is 18.1 Å². The van der Waals surface area contributed by atoms with Crippen molar-refractivity contribution in [2.75, 3.05) is 26.9 Å². The minimum Gasteiger partial charge on any atom is -0.399 e. The Morgan fingerprint density at radius 3 is 2.16 bits per heavy atom. The molecule has 0 aliphatic carbocycles. The maximum Gasteiger partial charge on any atom is 0.333 e. The number of nitrogens with two attached hydrogens (primary N) is 1. The second-order valence-electron chi connectivity index (χ2n) is 5.33. The summed E-state index contributed by atoms with van der Waals surface area (Å²) in [5.41, 5.74) is 7.22. The van der Waals surface area contributed by atoms with Crippen LogP contribution in [-0.2, 0) is 14.8 Å². The summed E-state index contributed by atoms with van der Waals surface area (Å²) in [5, 5.41) is 2.58. The summed E-state index contributed by atoms with van der Waals surface area (Å²) >= 11 is 0. The molecule has 0 aromatic heterocycles. The maximum absolute atomic E-state index is 12.4. The average molecular weight is 362 g/mol. The van der Waals surface area contributed by atoms with Crippen LogP contribution in [0.2, 0.25) is 0 Å². The number of urea groups is 1. The Morgan fingerprint density at radius 1 is 1.04 bits per heavy atom. The van der Waals surface area contributed by atoms with Gasteiger partial charge in [-0.3, -0.25) is 9.52 Å². The number of anilines is 4. The Morgan fingerprint density at radius 2 is 1.64 bits per heavy atom. The van der Waals surface area contributed by atoms with Gasteiger partial charge in [0.25, 0.3) is 0 Å². The highest BCUT2D eigenvalue weighted by atomic mass is 32.2. The predicted octanol–water partition coefficient (Wildman–Crippen LogP) is 2.23. The number of nitrogens with one attached hydrogen (secondary N) is 2. The highest BCUT2D eigenvalue weighted by Crippen LogP contribution is 2.20. The van der Waals surface area contributed by atoms with Gasteiger partial charge in [0, 0.05) is 24.0 Å². The maximum atomic E-state index is 12.4. The third-order valence-corrected chi connectivity index (χ3v) is 3.69. The molecule has 2 aromatic carbocycles. The summed E-state index contributed by atoms with van der Waals surface area (Å²) in [4.78, 5) is 25.2. The second-order valence-corrected chi connectivity index (χ2v) is 7.08. The summed E-state index contributed by atoms with van der Waals surface area (Å²) in [5.74, 6) is -0.474. The van der Waals surface area contributed by atoms with Crippen LogP contribution in [0.3, 0.4) is 0 Å². The molecular formula is C16H18N4O4S. The molecule has 0 radical (unpaired) electrons. The topological polar surface area (TPSA) is 122 Å². The smallest absolute Gasteiger partial charge is 0.333 e. The van der Waals surface area contributed by atoms with E-state index in [4.69, 9.17) is 5.73 Å². The molecule has 0 unspecified atom stereocenters. The van der Waals surface area contributed by atoms with Crippen LogP contribution in [0.25, 0.3) is 0 Å². The molecule has 4 N–H and O–H groups in total. The summed E-state index contributed by atoms with van der Waals surface area (Å²) in [6.07, 6.45) is 1.04. The van der Waals surface area contributed by atoms with E-state index in [9.17, 15) is 18.0 Å². The molecule has 0 saturated heterocycles. The van der Waals surface area contributed by atoms with Crippen LogP contribution in [0.1, 0.15) is 6.92 Å². The number of imide groups is 1. The lowest BCUT2D eigenvalue weighted by molar-refractivity contribution is -0.115. The van der Waals surface area contributed by atoms with Crippen molar-refractivity contribution < 1.29 is 18.0 Å². The minimum absolute atomic E-state index is 0.348. The van der Waals surface area contributed by atoms with Crippen molar-refractivity contribution in [2.45, 2.75) is 6.92 Å². The van der Waals surface area contributed by atoms with E-state index in [2.05, 4.69) is 10.0 Å². The zero-order valence-electron chi connectivity index (χ0n) is 13.7. The van der Waals surface area contributed by atoms with Crippen LogP contribution in [-0.4, -0.2) is 26.6 Å². The zero-order valence-corrected chi connectivity index (χ0v) is 14.5. The number of sulfonamides is 1. The second kappa shape index (κ2) is 7.22. The number of nitrogen functional groups attached to an aromatic ring is 1. The largest absolute Gasteiger partial charge is 0.399 e. The van der Waals surface area contributed by atoms with E-state index >= 15 is 0 Å². The van der Waals surface area contributed by atoms with Gasteiger partial charge in [0.2, 0.25) is 15.9 Å². The number of amides is 3. The molecule has 8 nitrogen and oxygen atoms in total. The first kappa shape index (κ1) is 18.3. The fourth-order valence-electron chi connectivity index (χ4n) is 2.12. The minimum atomic E-state index is -3.38. The monoisotopic (exact) mass is 362 g/mol. The van der Waals surface area contributed by atoms with Gasteiger partial charge in [-0.1, -0.05) is 6.07 Å². The molecule has 9 heteroatoms. The van der Waals surface area contributed by atoms with Crippen molar-refractivity contribution in [1.82, 2.24) is 0 Å². The number of carbonyl (C=O) groups excluding carboxylic acids is 2. The van der Waals surface area contributed by atoms with E-state index in [1.165, 1.54) is 37.3 Å². The number of benzene rings is 2. The first-order valence-electron chi connectivity index (χ1n) is 7.21. The van der Waals surface area contributed by atoms with Crippen LogP contribution >= 0.6 is 0 Å². The molecule has 2 rings (SSSR count). The number of rotatable bonds is 4. The SMILES string of the molecule is CC(=O)N(C(=O)Nc1ccc(NS(C)(=O)=O)cc1)c1cccc(N)c1. The summed E-state index contributed by atoms with van der Waals surface area (Å²) < 4.78 is 24.7. The van der Waals surface area contributed by atoms with E-state index in [0.29, 0.717) is 22.7 Å². The molecule has 2 aromatic rings. The Bertz CT molecular complexity index is 895. The molecule has 0 spiro atoms. The Hall–Kier alpha value is -3.07. The number of nitrogens with zero attached hydrogens (tertiary/aromatic N) is 1. The van der Waals surface area contributed by atoms with Crippen LogP contribution < -0.4 is 20.7 Å². The van der Waals surface area contributed by atoms with Crippen molar-refractivity contribution >= 4 is 44.7 Å². The molecule has 0 heterocycles. The van der Waals surface area contributed by atoms with E-state index in [-0.39, 0.29) is 0 Å². The molecule has 0 aliphatic rings. The van der Waals surface area contributed by atoms with Gasteiger partial charge in [-0.05, 0) is 42.5 Å². The lowest BCUT2D eigenvalue weighted by Crippen LogP contribution is -2.38. The lowest BCUT2D eigenvalue weighted by atomic mass is 10.2. The van der Waals surface area contributed by atoms with Gasteiger partial charge in [-0.15, -0.1) is 0 Å². The lowest BCUT2D eigenvalue weighted by Gasteiger charge is -2.20. The molecule has 0 saturated carbocycles. The van der Waals surface area contributed by atoms with E-state index < -0.39 is 22.0 Å². The summed E-state index contributed by atoms with van der Waals surface area (Å²) in [6.45, 7) is 1.27. The van der Waals surface area contributed by atoms with E-state index in [0.717, 1.165) is 11.2 Å². The van der Waals surface area contributed by atoms with Crippen LogP contribution in [0.4, 0.5) is 27.5 Å². The summed E-state index contributed by atoms with van der Waals surface area (Å²) in [7, 11) is -3.38. The molecule has 0 bridgehead atoms. The standard InChI is InChI=1S/C16H18N4O4S/c1-11(21)20(15-5-3-4-12(17)10-15)16(22)18-13-6-8-14(9-7-13)19-25(2,23)24/h3-10,19H,17H2,1-2H3,(H,18,22).